The van der Waals surface area contributed by atoms with Crippen LogP contribution in [0, 0.1) is 17.0 Å². The van der Waals surface area contributed by atoms with E-state index < -0.39 is 10.8 Å². The lowest BCUT2D eigenvalue weighted by molar-refractivity contribution is -0.384. The number of aromatic amines is 1. The monoisotopic (exact) mass is 402 g/mol. The van der Waals surface area contributed by atoms with Crippen LogP contribution in [0.15, 0.2) is 51.1 Å². The van der Waals surface area contributed by atoms with Gasteiger partial charge in [-0.05, 0) is 40.5 Å². The third-order valence-electron chi connectivity index (χ3n) is 3.59. The van der Waals surface area contributed by atoms with E-state index in [9.17, 15) is 20.0 Å². The highest BCUT2D eigenvalue weighted by molar-refractivity contribution is 9.10. The summed E-state index contributed by atoms with van der Waals surface area (Å²) < 4.78 is 0.721. The smallest absolute Gasteiger partial charge is 0.295 e. The Morgan fingerprint density at radius 1 is 1.32 bits per heavy atom. The summed E-state index contributed by atoms with van der Waals surface area (Å²) in [4.78, 5) is 25.1. The maximum atomic E-state index is 12.1. The number of nitro benzene ring substituents is 1. The first-order valence-electron chi connectivity index (χ1n) is 7.08. The molecule has 0 saturated heterocycles. The number of halogens is 1. The van der Waals surface area contributed by atoms with Gasteiger partial charge in [0.25, 0.3) is 11.6 Å². The summed E-state index contributed by atoms with van der Waals surface area (Å²) in [5.74, 6) is -0.974. The molecule has 1 amide bonds. The van der Waals surface area contributed by atoms with Gasteiger partial charge in [0.2, 0.25) is 5.88 Å². The molecular weight excluding hydrogens is 392 g/mol. The molecule has 1 aromatic heterocycles. The van der Waals surface area contributed by atoms with Gasteiger partial charge in [-0.3, -0.25) is 14.9 Å². The minimum absolute atomic E-state index is 0.0347. The predicted octanol–water partition coefficient (Wildman–Crippen LogP) is 4.78. The van der Waals surface area contributed by atoms with E-state index in [4.69, 9.17) is 0 Å². The quantitative estimate of drug-likeness (QED) is 0.371. The van der Waals surface area contributed by atoms with E-state index in [1.165, 1.54) is 18.2 Å². The van der Waals surface area contributed by atoms with E-state index in [0.29, 0.717) is 10.9 Å². The number of benzene rings is 2. The second kappa shape index (κ2) is 6.44. The zero-order valence-electron chi connectivity index (χ0n) is 12.9. The molecular formula is C16H11BrN4O4. The highest BCUT2D eigenvalue weighted by atomic mass is 79.9. The Balaban J connectivity index is 2.00. The van der Waals surface area contributed by atoms with Gasteiger partial charge in [0.05, 0.1) is 16.0 Å². The van der Waals surface area contributed by atoms with Crippen molar-refractivity contribution in [2.45, 2.75) is 6.92 Å². The van der Waals surface area contributed by atoms with Crippen molar-refractivity contribution in [2.75, 3.05) is 0 Å². The second-order valence-corrected chi connectivity index (χ2v) is 6.05. The fourth-order valence-corrected chi connectivity index (χ4v) is 2.86. The van der Waals surface area contributed by atoms with E-state index in [2.05, 4.69) is 31.1 Å². The number of aromatic nitrogens is 1. The fraction of sp³-hybridized carbons (Fsp3) is 0.0625. The average Bonchev–Trinajstić information content (AvgIpc) is 2.92. The van der Waals surface area contributed by atoms with E-state index in [1.54, 1.807) is 6.07 Å². The summed E-state index contributed by atoms with van der Waals surface area (Å²) >= 11 is 3.43. The molecule has 0 aliphatic carbocycles. The van der Waals surface area contributed by atoms with Crippen LogP contribution in [0.2, 0.25) is 0 Å². The third-order valence-corrected chi connectivity index (χ3v) is 4.62. The minimum atomic E-state index is -0.749. The van der Waals surface area contributed by atoms with Gasteiger partial charge in [0.1, 0.15) is 0 Å². The van der Waals surface area contributed by atoms with Crippen LogP contribution in [-0.4, -0.2) is 20.9 Å². The molecule has 0 bridgehead atoms. The van der Waals surface area contributed by atoms with Crippen molar-refractivity contribution in [1.29, 1.82) is 0 Å². The van der Waals surface area contributed by atoms with Crippen molar-refractivity contribution in [3.63, 3.8) is 0 Å². The molecule has 2 N–H and O–H groups in total. The topological polar surface area (TPSA) is 121 Å². The van der Waals surface area contributed by atoms with Gasteiger partial charge in [0.15, 0.2) is 5.69 Å². The lowest BCUT2D eigenvalue weighted by Crippen LogP contribution is -1.95. The maximum absolute atomic E-state index is 12.1. The van der Waals surface area contributed by atoms with Crippen molar-refractivity contribution in [2.24, 2.45) is 10.2 Å². The molecule has 0 aliphatic rings. The van der Waals surface area contributed by atoms with Crippen molar-refractivity contribution in [1.82, 2.24) is 4.98 Å². The molecule has 0 unspecified atom stereocenters. The summed E-state index contributed by atoms with van der Waals surface area (Å²) in [5.41, 5.74) is 1.49. The number of carbonyl (C=O) groups excluding carboxylic acids is 1. The van der Waals surface area contributed by atoms with Gasteiger partial charge in [-0.25, -0.2) is 0 Å². The van der Waals surface area contributed by atoms with Crippen molar-refractivity contribution in [3.05, 3.63) is 62.1 Å². The molecule has 2 aromatic carbocycles. The summed E-state index contributed by atoms with van der Waals surface area (Å²) in [5, 5.41) is 28.8. The summed E-state index contributed by atoms with van der Waals surface area (Å²) in [6.07, 6.45) is 0. The maximum Gasteiger partial charge on any atom is 0.295 e. The number of hydrogen-bond acceptors (Lipinski definition) is 5. The van der Waals surface area contributed by atoms with Crippen LogP contribution >= 0.6 is 15.9 Å². The number of H-pyrrole nitrogens is 1. The normalized spacial score (nSPS) is 11.3. The van der Waals surface area contributed by atoms with Crippen molar-refractivity contribution < 1.29 is 14.8 Å². The molecule has 8 nitrogen and oxygen atoms in total. The molecule has 0 aliphatic heterocycles. The zero-order valence-corrected chi connectivity index (χ0v) is 14.4. The van der Waals surface area contributed by atoms with Crippen molar-refractivity contribution >= 4 is 44.1 Å². The molecule has 0 atom stereocenters. The molecule has 126 valence electrons. The number of amides is 1. The summed E-state index contributed by atoms with van der Waals surface area (Å²) in [6.45, 7) is 1.88. The number of carbonyl (C=O) groups is 1. The largest absolute Gasteiger partial charge is 0.493 e. The van der Waals surface area contributed by atoms with Gasteiger partial charge in [-0.15, -0.1) is 10.2 Å². The molecule has 0 radical (unpaired) electrons. The number of aromatic hydroxyl groups is 1. The number of nitro groups is 1. The molecule has 25 heavy (non-hydrogen) atoms. The summed E-state index contributed by atoms with van der Waals surface area (Å²) in [6, 6.07) is 8.83. The van der Waals surface area contributed by atoms with Crippen LogP contribution in [0.4, 0.5) is 11.4 Å². The minimum Gasteiger partial charge on any atom is -0.493 e. The highest BCUT2D eigenvalue weighted by Crippen LogP contribution is 2.41. The number of hydrogen-bond donors (Lipinski definition) is 2. The number of nitrogens with one attached hydrogen (secondary N) is 1. The van der Waals surface area contributed by atoms with E-state index in [1.807, 2.05) is 13.0 Å². The van der Waals surface area contributed by atoms with Crippen LogP contribution < -0.4 is 0 Å². The fourth-order valence-electron chi connectivity index (χ4n) is 2.32. The lowest BCUT2D eigenvalue weighted by Gasteiger charge is -2.00. The standard InChI is InChI=1S/C16H11BrN4O4/c1-8-5-6-11-12(13(8)17)14(16(23)18-11)19-20-15(22)9-3-2-4-10(7-9)21(24)25/h2-7,18,23H,1H3. The van der Waals surface area contributed by atoms with Gasteiger partial charge >= 0.3 is 0 Å². The average molecular weight is 403 g/mol. The van der Waals surface area contributed by atoms with E-state index in [0.717, 1.165) is 16.1 Å². The first-order chi connectivity index (χ1) is 11.9. The highest BCUT2D eigenvalue weighted by Gasteiger charge is 2.16. The number of aryl methyl sites for hydroxylation is 1. The first-order valence-corrected chi connectivity index (χ1v) is 7.88. The zero-order chi connectivity index (χ0) is 18.1. The Hall–Kier alpha value is -3.07. The van der Waals surface area contributed by atoms with Gasteiger partial charge < -0.3 is 10.1 Å². The van der Waals surface area contributed by atoms with Crippen LogP contribution in [0.1, 0.15) is 15.9 Å². The van der Waals surface area contributed by atoms with Crippen LogP contribution in [-0.2, 0) is 0 Å². The number of azo groups is 1. The van der Waals surface area contributed by atoms with Crippen LogP contribution in [0.5, 0.6) is 5.88 Å². The number of non-ortho nitro benzene ring substituents is 1. The van der Waals surface area contributed by atoms with E-state index in [-0.39, 0.29) is 22.8 Å². The molecule has 0 fully saturated rings. The molecule has 3 rings (SSSR count). The Labute approximate surface area is 149 Å². The Bertz CT molecular complexity index is 1040. The number of nitrogens with zero attached hydrogens (tertiary/aromatic N) is 3. The van der Waals surface area contributed by atoms with Gasteiger partial charge in [-0.2, -0.15) is 0 Å². The number of fused-ring (bicyclic) bond motifs is 1. The van der Waals surface area contributed by atoms with Crippen LogP contribution in [0.25, 0.3) is 10.9 Å². The summed E-state index contributed by atoms with van der Waals surface area (Å²) in [7, 11) is 0. The lowest BCUT2D eigenvalue weighted by atomic mass is 10.1. The van der Waals surface area contributed by atoms with Crippen molar-refractivity contribution in [3.8, 4) is 5.88 Å². The molecule has 3 aromatic rings. The van der Waals surface area contributed by atoms with Gasteiger partial charge in [-0.1, -0.05) is 12.1 Å². The number of rotatable bonds is 3. The second-order valence-electron chi connectivity index (χ2n) is 5.25. The van der Waals surface area contributed by atoms with Gasteiger partial charge in [0, 0.05) is 22.0 Å². The van der Waals surface area contributed by atoms with E-state index >= 15 is 0 Å². The third kappa shape index (κ3) is 3.13. The Kier molecular flexibility index (Phi) is 4.32. The molecule has 0 spiro atoms. The van der Waals surface area contributed by atoms with Crippen LogP contribution in [0.3, 0.4) is 0 Å². The molecule has 0 saturated carbocycles. The Morgan fingerprint density at radius 2 is 2.08 bits per heavy atom. The SMILES string of the molecule is Cc1ccc2[nH]c(O)c(N=NC(=O)c3cccc([N+](=O)[O-])c3)c2c1Br. The molecule has 9 heteroatoms. The predicted molar refractivity (Wildman–Crippen MR) is 94.3 cm³/mol. The first kappa shape index (κ1) is 16.8. The Morgan fingerprint density at radius 3 is 2.80 bits per heavy atom. The molecule has 1 heterocycles.